The van der Waals surface area contributed by atoms with Crippen molar-refractivity contribution < 1.29 is 9.50 Å². The van der Waals surface area contributed by atoms with E-state index in [2.05, 4.69) is 4.98 Å². The number of benzene rings is 1. The Balaban J connectivity index is 2.28. The van der Waals surface area contributed by atoms with E-state index in [0.717, 1.165) is 4.88 Å². The third kappa shape index (κ3) is 2.46. The van der Waals surface area contributed by atoms with Crippen molar-refractivity contribution in [3.63, 3.8) is 0 Å². The lowest BCUT2D eigenvalue weighted by Gasteiger charge is -1.99. The molecular formula is C12H12FNOS. The molecule has 0 aliphatic rings. The zero-order valence-electron chi connectivity index (χ0n) is 8.85. The van der Waals surface area contributed by atoms with Gasteiger partial charge in [0.25, 0.3) is 0 Å². The van der Waals surface area contributed by atoms with Gasteiger partial charge in [-0.15, -0.1) is 11.3 Å². The summed E-state index contributed by atoms with van der Waals surface area (Å²) in [5.41, 5.74) is 0.518. The lowest BCUT2D eigenvalue weighted by Crippen LogP contribution is -2.01. The van der Waals surface area contributed by atoms with Crippen LogP contribution < -0.4 is 0 Å². The van der Waals surface area contributed by atoms with Crippen LogP contribution in [0.15, 0.2) is 30.5 Å². The van der Waals surface area contributed by atoms with E-state index in [-0.39, 0.29) is 5.82 Å². The number of hydrogen-bond acceptors (Lipinski definition) is 3. The van der Waals surface area contributed by atoms with Crippen LogP contribution in [0.1, 0.15) is 11.8 Å². The highest BCUT2D eigenvalue weighted by atomic mass is 32.1. The quantitative estimate of drug-likeness (QED) is 0.890. The minimum Gasteiger partial charge on any atom is -0.393 e. The normalized spacial score (nSPS) is 12.7. The average molecular weight is 237 g/mol. The smallest absolute Gasteiger partial charge is 0.133 e. The number of aliphatic hydroxyl groups excluding tert-OH is 1. The van der Waals surface area contributed by atoms with Gasteiger partial charge < -0.3 is 5.11 Å². The monoisotopic (exact) mass is 237 g/mol. The second-order valence-electron chi connectivity index (χ2n) is 3.66. The number of nitrogens with zero attached hydrogens (tertiary/aromatic N) is 1. The molecule has 1 heterocycles. The highest BCUT2D eigenvalue weighted by Crippen LogP contribution is 2.27. The standard InChI is InChI=1S/C12H12FNOS/c1-8(15)6-9-7-14-12(16-9)10-4-2-3-5-11(10)13/h2-5,7-8,15H,6H2,1H3. The van der Waals surface area contributed by atoms with Crippen LogP contribution in [0.3, 0.4) is 0 Å². The third-order valence-electron chi connectivity index (χ3n) is 2.15. The Morgan fingerprint density at radius 2 is 2.19 bits per heavy atom. The van der Waals surface area contributed by atoms with Crippen molar-refractivity contribution in [1.82, 2.24) is 4.98 Å². The van der Waals surface area contributed by atoms with Gasteiger partial charge in [0.1, 0.15) is 10.8 Å². The summed E-state index contributed by atoms with van der Waals surface area (Å²) in [7, 11) is 0. The maximum atomic E-state index is 13.5. The van der Waals surface area contributed by atoms with E-state index in [4.69, 9.17) is 0 Å². The number of aromatic nitrogens is 1. The van der Waals surface area contributed by atoms with Gasteiger partial charge in [-0.05, 0) is 19.1 Å². The van der Waals surface area contributed by atoms with Gasteiger partial charge in [0.05, 0.1) is 6.10 Å². The molecule has 0 aliphatic heterocycles. The predicted molar refractivity (Wildman–Crippen MR) is 62.9 cm³/mol. The largest absolute Gasteiger partial charge is 0.393 e. The summed E-state index contributed by atoms with van der Waals surface area (Å²) in [5.74, 6) is -0.263. The van der Waals surface area contributed by atoms with Gasteiger partial charge in [-0.3, -0.25) is 0 Å². The summed E-state index contributed by atoms with van der Waals surface area (Å²) in [5, 5.41) is 9.91. The van der Waals surface area contributed by atoms with Crippen LogP contribution in [0, 0.1) is 5.82 Å². The molecule has 1 atom stereocenters. The fourth-order valence-electron chi connectivity index (χ4n) is 1.45. The minimum absolute atomic E-state index is 0.263. The molecule has 1 N–H and O–H groups in total. The van der Waals surface area contributed by atoms with Gasteiger partial charge in [0.15, 0.2) is 0 Å². The van der Waals surface area contributed by atoms with E-state index in [9.17, 15) is 9.50 Å². The van der Waals surface area contributed by atoms with Crippen LogP contribution in [0.5, 0.6) is 0 Å². The number of hydrogen-bond donors (Lipinski definition) is 1. The van der Waals surface area contributed by atoms with Crippen LogP contribution in [-0.2, 0) is 6.42 Å². The lowest BCUT2D eigenvalue weighted by atomic mass is 10.2. The zero-order valence-corrected chi connectivity index (χ0v) is 9.67. The van der Waals surface area contributed by atoms with Gasteiger partial charge >= 0.3 is 0 Å². The van der Waals surface area contributed by atoms with Crippen molar-refractivity contribution >= 4 is 11.3 Å². The van der Waals surface area contributed by atoms with Crippen molar-refractivity contribution in [3.8, 4) is 10.6 Å². The van der Waals surface area contributed by atoms with E-state index < -0.39 is 6.10 Å². The molecule has 0 saturated heterocycles. The molecular weight excluding hydrogens is 225 g/mol. The van der Waals surface area contributed by atoms with Crippen LogP contribution in [0.25, 0.3) is 10.6 Å². The van der Waals surface area contributed by atoms with Gasteiger partial charge in [0, 0.05) is 23.1 Å². The highest BCUT2D eigenvalue weighted by Gasteiger charge is 2.09. The summed E-state index contributed by atoms with van der Waals surface area (Å²) in [4.78, 5) is 5.13. The highest BCUT2D eigenvalue weighted by molar-refractivity contribution is 7.15. The van der Waals surface area contributed by atoms with Crippen molar-refractivity contribution in [3.05, 3.63) is 41.2 Å². The summed E-state index contributed by atoms with van der Waals surface area (Å²) in [6, 6.07) is 6.57. The Morgan fingerprint density at radius 1 is 1.44 bits per heavy atom. The maximum Gasteiger partial charge on any atom is 0.133 e. The molecule has 1 aromatic heterocycles. The molecule has 0 bridgehead atoms. The Bertz CT molecular complexity index is 481. The van der Waals surface area contributed by atoms with E-state index in [1.807, 2.05) is 0 Å². The van der Waals surface area contributed by atoms with Gasteiger partial charge in [0.2, 0.25) is 0 Å². The second kappa shape index (κ2) is 4.72. The Hall–Kier alpha value is -1.26. The predicted octanol–water partition coefficient (Wildman–Crippen LogP) is 2.87. The molecule has 2 nitrogen and oxygen atoms in total. The molecule has 84 valence electrons. The topological polar surface area (TPSA) is 33.1 Å². The first-order valence-corrected chi connectivity index (χ1v) is 5.86. The average Bonchev–Trinajstić information content (AvgIpc) is 2.66. The van der Waals surface area contributed by atoms with Gasteiger partial charge in [-0.1, -0.05) is 12.1 Å². The van der Waals surface area contributed by atoms with Crippen molar-refractivity contribution in [1.29, 1.82) is 0 Å². The minimum atomic E-state index is -0.395. The summed E-state index contributed by atoms with van der Waals surface area (Å²) in [6.07, 6.45) is 1.86. The Morgan fingerprint density at radius 3 is 2.88 bits per heavy atom. The van der Waals surface area contributed by atoms with E-state index >= 15 is 0 Å². The van der Waals surface area contributed by atoms with Crippen molar-refractivity contribution in [2.75, 3.05) is 0 Å². The van der Waals surface area contributed by atoms with Crippen LogP contribution >= 0.6 is 11.3 Å². The molecule has 2 rings (SSSR count). The molecule has 0 aliphatic carbocycles. The van der Waals surface area contributed by atoms with Crippen LogP contribution in [0.2, 0.25) is 0 Å². The molecule has 1 unspecified atom stereocenters. The molecule has 4 heteroatoms. The van der Waals surface area contributed by atoms with E-state index in [1.165, 1.54) is 17.4 Å². The number of halogens is 1. The van der Waals surface area contributed by atoms with Gasteiger partial charge in [-0.2, -0.15) is 0 Å². The molecule has 0 spiro atoms. The molecule has 2 aromatic rings. The molecule has 1 aromatic carbocycles. The molecule has 0 saturated carbocycles. The number of thiazole rings is 1. The Labute approximate surface area is 97.4 Å². The molecule has 0 radical (unpaired) electrons. The first kappa shape index (κ1) is 11.2. The number of aliphatic hydroxyl groups is 1. The molecule has 16 heavy (non-hydrogen) atoms. The first-order chi connectivity index (χ1) is 7.66. The summed E-state index contributed by atoms with van der Waals surface area (Å²) >= 11 is 1.42. The maximum absolute atomic E-state index is 13.5. The van der Waals surface area contributed by atoms with Crippen LogP contribution in [0.4, 0.5) is 4.39 Å². The number of rotatable bonds is 3. The Kier molecular flexibility index (Phi) is 3.31. The second-order valence-corrected chi connectivity index (χ2v) is 4.78. The SMILES string of the molecule is CC(O)Cc1cnc(-c2ccccc2F)s1. The lowest BCUT2D eigenvalue weighted by molar-refractivity contribution is 0.196. The fourth-order valence-corrected chi connectivity index (χ4v) is 2.51. The van der Waals surface area contributed by atoms with Crippen LogP contribution in [-0.4, -0.2) is 16.2 Å². The summed E-state index contributed by atoms with van der Waals surface area (Å²) < 4.78 is 13.5. The van der Waals surface area contributed by atoms with Crippen molar-refractivity contribution in [2.24, 2.45) is 0 Å². The fraction of sp³-hybridized carbons (Fsp3) is 0.250. The third-order valence-corrected chi connectivity index (χ3v) is 3.21. The zero-order chi connectivity index (χ0) is 11.5. The van der Waals surface area contributed by atoms with E-state index in [1.54, 1.807) is 31.3 Å². The summed E-state index contributed by atoms with van der Waals surface area (Å²) in [6.45, 7) is 1.72. The van der Waals surface area contributed by atoms with Gasteiger partial charge in [-0.25, -0.2) is 9.37 Å². The first-order valence-electron chi connectivity index (χ1n) is 5.04. The molecule has 0 fully saturated rings. The van der Waals surface area contributed by atoms with E-state index in [0.29, 0.717) is 17.0 Å². The molecule has 0 amide bonds. The van der Waals surface area contributed by atoms with Crippen molar-refractivity contribution in [2.45, 2.75) is 19.4 Å².